The number of fused-ring (bicyclic) bond motifs is 1. The molecule has 0 aliphatic rings. The van der Waals surface area contributed by atoms with E-state index in [2.05, 4.69) is 60.3 Å². The van der Waals surface area contributed by atoms with Crippen molar-refractivity contribution in [3.63, 3.8) is 0 Å². The number of hydrogen-bond acceptors (Lipinski definition) is 4. The number of hydrogen-bond donors (Lipinski definition) is 3. The lowest BCUT2D eigenvalue weighted by Gasteiger charge is -1.98. The van der Waals surface area contributed by atoms with Crippen LogP contribution in [0.2, 0.25) is 0 Å². The Kier molecular flexibility index (Phi) is 14.0. The number of benzene rings is 2. The van der Waals surface area contributed by atoms with E-state index in [9.17, 15) is 0 Å². The minimum Gasteiger partial charge on any atom is -0.401 e. The first-order chi connectivity index (χ1) is 10.1. The second kappa shape index (κ2) is 14.1. The summed E-state index contributed by atoms with van der Waals surface area (Å²) < 4.78 is 0. The second-order valence-corrected chi connectivity index (χ2v) is 3.97. The molecule has 0 amide bonds. The van der Waals surface area contributed by atoms with E-state index in [4.69, 9.17) is 10.6 Å². The fourth-order valence-corrected chi connectivity index (χ4v) is 1.62. The molecule has 0 bridgehead atoms. The summed E-state index contributed by atoms with van der Waals surface area (Å²) in [5.74, 6) is 0. The van der Waals surface area contributed by atoms with E-state index in [1.54, 1.807) is 6.20 Å². The van der Waals surface area contributed by atoms with E-state index in [1.807, 2.05) is 27.8 Å². The average Bonchev–Trinajstić information content (AvgIpc) is 2.52. The van der Waals surface area contributed by atoms with E-state index in [1.165, 1.54) is 16.3 Å². The largest absolute Gasteiger partial charge is 0.401 e. The normalized spacial score (nSPS) is 9.10. The maximum atomic E-state index is 7.50. The van der Waals surface area contributed by atoms with Crippen LogP contribution in [0.15, 0.2) is 54.4 Å². The molecule has 0 radical (unpaired) electrons. The molecule has 0 aliphatic carbocycles. The van der Waals surface area contributed by atoms with Gasteiger partial charge in [-0.3, -0.25) is 0 Å². The van der Waals surface area contributed by atoms with Crippen molar-refractivity contribution >= 4 is 10.8 Å². The van der Waals surface area contributed by atoms with Gasteiger partial charge >= 0.3 is 0 Å². The first-order valence-electron chi connectivity index (χ1n) is 6.89. The number of nitrogens with two attached hydrogens (primary N) is 1. The molecule has 4 nitrogen and oxygen atoms in total. The minimum absolute atomic E-state index is 0.803. The van der Waals surface area contributed by atoms with Crippen molar-refractivity contribution in [2.45, 2.75) is 27.7 Å². The number of nitrogens with one attached hydrogen (secondary N) is 2. The zero-order chi connectivity index (χ0) is 16.7. The zero-order valence-electron chi connectivity index (χ0n) is 13.6. The number of nitroso groups, excluding NO2 is 1. The molecule has 116 valence electrons. The molecule has 21 heavy (non-hydrogen) atoms. The predicted molar refractivity (Wildman–Crippen MR) is 93.1 cm³/mol. The van der Waals surface area contributed by atoms with Crippen molar-refractivity contribution in [2.24, 2.45) is 5.73 Å². The number of rotatable bonds is 1. The summed E-state index contributed by atoms with van der Waals surface area (Å²) in [6, 6.07) is 14.8. The van der Waals surface area contributed by atoms with Crippen molar-refractivity contribution in [3.05, 3.63) is 64.8 Å². The summed E-state index contributed by atoms with van der Waals surface area (Å²) in [6.07, 6.45) is 1.74. The van der Waals surface area contributed by atoms with Gasteiger partial charge in [0, 0.05) is 18.9 Å². The third-order valence-electron chi connectivity index (χ3n) is 2.38. The molecule has 0 heterocycles. The molecule has 2 aromatic rings. The fraction of sp³-hybridized carbons (Fsp3) is 0.294. The lowest BCUT2D eigenvalue weighted by atomic mass is 10.1. The van der Waals surface area contributed by atoms with Crippen LogP contribution in [0.3, 0.4) is 0 Å². The van der Waals surface area contributed by atoms with Gasteiger partial charge < -0.3 is 11.1 Å². The molecule has 2 aromatic carbocycles. The highest BCUT2D eigenvalue weighted by Crippen LogP contribution is 2.16. The second-order valence-electron chi connectivity index (χ2n) is 3.97. The van der Waals surface area contributed by atoms with Crippen LogP contribution in [-0.2, 0) is 0 Å². The standard InChI is InChI=1S/C11H10.C4H10N2.C2H6.HNO/c1-9-5-4-7-10-6-2-3-8-11(9)10;1-4(5)3-6-2;2*1-2/h2-8H,1H3;3,6H,5H2,1-2H3;1-2H3;1H/b;4-3-;;. The van der Waals surface area contributed by atoms with Crippen LogP contribution in [0.25, 0.3) is 10.8 Å². The average molecular weight is 289 g/mol. The molecule has 0 unspecified atom stereocenters. The van der Waals surface area contributed by atoms with E-state index < -0.39 is 0 Å². The molecule has 0 aliphatic heterocycles. The van der Waals surface area contributed by atoms with Crippen molar-refractivity contribution in [2.75, 3.05) is 7.05 Å². The van der Waals surface area contributed by atoms with Gasteiger partial charge in [0.1, 0.15) is 0 Å². The van der Waals surface area contributed by atoms with Gasteiger partial charge in [-0.1, -0.05) is 61.9 Å². The summed E-state index contributed by atoms with van der Waals surface area (Å²) in [4.78, 5) is 7.50. The van der Waals surface area contributed by atoms with Crippen LogP contribution >= 0.6 is 0 Å². The maximum Gasteiger partial charge on any atom is 0.0208 e. The summed E-state index contributed by atoms with van der Waals surface area (Å²) >= 11 is 0. The van der Waals surface area contributed by atoms with Crippen molar-refractivity contribution in [1.29, 1.82) is 5.59 Å². The van der Waals surface area contributed by atoms with E-state index in [0.717, 1.165) is 5.70 Å². The van der Waals surface area contributed by atoms with Gasteiger partial charge in [-0.25, -0.2) is 0 Å². The Morgan fingerprint density at radius 3 is 2.05 bits per heavy atom. The van der Waals surface area contributed by atoms with Gasteiger partial charge in [0.05, 0.1) is 0 Å². The van der Waals surface area contributed by atoms with E-state index in [0.29, 0.717) is 0 Å². The van der Waals surface area contributed by atoms with Gasteiger partial charge in [-0.05, 0) is 30.2 Å². The Morgan fingerprint density at radius 2 is 1.62 bits per heavy atom. The van der Waals surface area contributed by atoms with Crippen LogP contribution in [0.5, 0.6) is 0 Å². The molecule has 4 heteroatoms. The highest BCUT2D eigenvalue weighted by Gasteiger charge is 1.92. The van der Waals surface area contributed by atoms with Crippen LogP contribution < -0.4 is 11.1 Å². The summed E-state index contributed by atoms with van der Waals surface area (Å²) in [5, 5.41) is 5.46. The first-order valence-corrected chi connectivity index (χ1v) is 6.89. The highest BCUT2D eigenvalue weighted by molar-refractivity contribution is 5.85. The Hall–Kier alpha value is -2.36. The molecule has 0 spiro atoms. The molecule has 0 fully saturated rings. The predicted octanol–water partition coefficient (Wildman–Crippen LogP) is 4.53. The summed E-state index contributed by atoms with van der Waals surface area (Å²) in [7, 11) is 1.82. The van der Waals surface area contributed by atoms with E-state index in [-0.39, 0.29) is 0 Å². The monoisotopic (exact) mass is 289 g/mol. The Labute approximate surface area is 127 Å². The van der Waals surface area contributed by atoms with Crippen LogP contribution in [0.1, 0.15) is 26.3 Å². The van der Waals surface area contributed by atoms with Crippen molar-refractivity contribution in [3.8, 4) is 0 Å². The third kappa shape index (κ3) is 9.21. The highest BCUT2D eigenvalue weighted by atomic mass is 16.2. The van der Waals surface area contributed by atoms with Gasteiger partial charge in [0.2, 0.25) is 0 Å². The Morgan fingerprint density at radius 1 is 1.10 bits per heavy atom. The number of aryl methyl sites for hydroxylation is 1. The fourth-order valence-electron chi connectivity index (χ4n) is 1.62. The van der Waals surface area contributed by atoms with Gasteiger partial charge in [0.15, 0.2) is 0 Å². The van der Waals surface area contributed by atoms with Crippen LogP contribution in [0.4, 0.5) is 0 Å². The Bertz CT molecular complexity index is 515. The van der Waals surface area contributed by atoms with E-state index >= 15 is 0 Å². The molecule has 0 saturated heterocycles. The van der Waals surface area contributed by atoms with Gasteiger partial charge in [0.25, 0.3) is 0 Å². The van der Waals surface area contributed by atoms with Gasteiger partial charge in [-0.2, -0.15) is 4.91 Å². The number of allylic oxidation sites excluding steroid dienone is 1. The SMILES string of the molecule is CC.CN/C=C(/C)N.Cc1cccc2ccccc12.N=O. The third-order valence-corrected chi connectivity index (χ3v) is 2.38. The minimum atomic E-state index is 0.803. The molecule has 4 N–H and O–H groups in total. The quantitative estimate of drug-likeness (QED) is 0.675. The smallest absolute Gasteiger partial charge is 0.0208 e. The summed E-state index contributed by atoms with van der Waals surface area (Å²) in [5.41, 5.74) is 11.9. The first kappa shape index (κ1) is 20.9. The lowest BCUT2D eigenvalue weighted by molar-refractivity contribution is 1.06. The van der Waals surface area contributed by atoms with Crippen LogP contribution in [-0.4, -0.2) is 7.05 Å². The van der Waals surface area contributed by atoms with Crippen LogP contribution in [0, 0.1) is 17.4 Å². The van der Waals surface area contributed by atoms with Gasteiger partial charge in [-0.15, -0.1) is 0 Å². The zero-order valence-corrected chi connectivity index (χ0v) is 13.6. The molecular formula is C17H27N3O. The summed E-state index contributed by atoms with van der Waals surface area (Å²) in [6.45, 7) is 7.97. The molecule has 2 rings (SSSR count). The Balaban J connectivity index is 0. The topological polar surface area (TPSA) is 79.0 Å². The molecule has 0 saturated carbocycles. The molecular weight excluding hydrogens is 262 g/mol. The maximum absolute atomic E-state index is 7.50. The lowest BCUT2D eigenvalue weighted by Crippen LogP contribution is -1.99. The molecule has 0 aromatic heterocycles. The molecule has 0 atom stereocenters. The van der Waals surface area contributed by atoms with Crippen molar-refractivity contribution in [1.82, 2.24) is 5.32 Å². The van der Waals surface area contributed by atoms with Crippen molar-refractivity contribution < 1.29 is 0 Å².